The van der Waals surface area contributed by atoms with Gasteiger partial charge in [0.2, 0.25) is 0 Å². The van der Waals surface area contributed by atoms with E-state index >= 15 is 0 Å². The molecule has 0 saturated carbocycles. The van der Waals surface area contributed by atoms with E-state index in [1.165, 1.54) is 19.3 Å². The summed E-state index contributed by atoms with van der Waals surface area (Å²) in [6.07, 6.45) is 4.88. The van der Waals surface area contributed by atoms with Gasteiger partial charge in [-0.3, -0.25) is 0 Å². The zero-order chi connectivity index (χ0) is 9.61. The zero-order valence-corrected chi connectivity index (χ0v) is 9.02. The van der Waals surface area contributed by atoms with Gasteiger partial charge in [0.15, 0.2) is 0 Å². The molecule has 0 fully saturated rings. The molecule has 0 saturated heterocycles. The highest BCUT2D eigenvalue weighted by Crippen LogP contribution is 2.10. The van der Waals surface area contributed by atoms with Crippen LogP contribution in [-0.2, 0) is 4.79 Å². The van der Waals surface area contributed by atoms with Crippen LogP contribution in [0, 0.1) is 0 Å². The summed E-state index contributed by atoms with van der Waals surface area (Å²) in [5.41, 5.74) is 0.464. The maximum Gasteiger partial charge on any atom is 0.0609 e. The Morgan fingerprint density at radius 3 is 2.08 bits per heavy atom. The van der Waals surface area contributed by atoms with Crippen molar-refractivity contribution in [2.45, 2.75) is 59.5 Å². The van der Waals surface area contributed by atoms with E-state index in [0.29, 0.717) is 5.68 Å². The Morgan fingerprint density at radius 2 is 1.67 bits per heavy atom. The predicted molar refractivity (Wildman–Crippen MR) is 57.1 cm³/mol. The van der Waals surface area contributed by atoms with Crippen molar-refractivity contribution in [3.63, 3.8) is 0 Å². The molecule has 0 spiro atoms. The highest BCUT2D eigenvalue weighted by Gasteiger charge is 2.13. The first-order valence-electron chi connectivity index (χ1n) is 5.29. The van der Waals surface area contributed by atoms with Gasteiger partial charge >= 0.3 is 0 Å². The van der Waals surface area contributed by atoms with E-state index in [0.717, 1.165) is 12.8 Å². The van der Waals surface area contributed by atoms with E-state index in [-0.39, 0.29) is 0 Å². The first kappa shape index (κ1) is 11.7. The molecule has 0 bridgehead atoms. The zero-order valence-electron chi connectivity index (χ0n) is 9.02. The molecular weight excluding hydrogens is 147 g/mol. The standard InChI is InChI=1S/C10H22BO/c1-5-6-7-8-9-10(12)11(2,3)4/h5-9H2,1-4H3/q-1. The van der Waals surface area contributed by atoms with Crippen LogP contribution in [0.1, 0.15) is 39.0 Å². The first-order valence-corrected chi connectivity index (χ1v) is 5.29. The minimum Gasteiger partial charge on any atom is -0.346 e. The Kier molecular flexibility index (Phi) is 5.27. The molecule has 0 aromatic rings. The number of hydrogen-bond donors (Lipinski definition) is 0. The van der Waals surface area contributed by atoms with Crippen LogP contribution in [0.4, 0.5) is 0 Å². The molecule has 2 heteroatoms. The first-order chi connectivity index (χ1) is 5.48. The average Bonchev–Trinajstić information content (AvgIpc) is 1.96. The van der Waals surface area contributed by atoms with Crippen molar-refractivity contribution in [3.8, 4) is 0 Å². The number of unbranched alkanes of at least 4 members (excludes halogenated alkanes) is 3. The molecule has 0 N–H and O–H groups in total. The Morgan fingerprint density at radius 1 is 1.08 bits per heavy atom. The van der Waals surface area contributed by atoms with Gasteiger partial charge in [-0.25, -0.2) is 0 Å². The summed E-state index contributed by atoms with van der Waals surface area (Å²) in [4.78, 5) is 11.5. The minimum atomic E-state index is -0.730. The summed E-state index contributed by atoms with van der Waals surface area (Å²) < 4.78 is 0. The maximum atomic E-state index is 11.5. The summed E-state index contributed by atoms with van der Waals surface area (Å²) in [6.45, 7) is 8.36. The van der Waals surface area contributed by atoms with Crippen molar-refractivity contribution in [1.82, 2.24) is 0 Å². The molecule has 0 amide bonds. The summed E-state index contributed by atoms with van der Waals surface area (Å²) in [6, 6.07) is 0. The van der Waals surface area contributed by atoms with Crippen molar-refractivity contribution >= 4 is 11.8 Å². The lowest BCUT2D eigenvalue weighted by Crippen LogP contribution is -2.32. The molecule has 0 atom stereocenters. The van der Waals surface area contributed by atoms with Crippen LogP contribution in [0.5, 0.6) is 0 Å². The Labute approximate surface area is 76.8 Å². The molecule has 0 aliphatic heterocycles. The lowest BCUT2D eigenvalue weighted by Gasteiger charge is -2.21. The van der Waals surface area contributed by atoms with Crippen LogP contribution in [-0.4, -0.2) is 11.8 Å². The van der Waals surface area contributed by atoms with Gasteiger partial charge in [0.05, 0.1) is 6.15 Å². The molecule has 0 rings (SSSR count). The SMILES string of the molecule is CCCCCCC(=O)[B-](C)(C)C. The molecule has 0 aliphatic rings. The van der Waals surface area contributed by atoms with Crippen molar-refractivity contribution in [3.05, 3.63) is 0 Å². The van der Waals surface area contributed by atoms with Crippen LogP contribution >= 0.6 is 0 Å². The van der Waals surface area contributed by atoms with Gasteiger partial charge < -0.3 is 4.79 Å². The molecule has 0 aromatic carbocycles. The third-order valence-electron chi connectivity index (χ3n) is 2.24. The van der Waals surface area contributed by atoms with E-state index in [1.54, 1.807) is 0 Å². The molecule has 0 aromatic heterocycles. The van der Waals surface area contributed by atoms with Crippen molar-refractivity contribution in [1.29, 1.82) is 0 Å². The summed E-state index contributed by atoms with van der Waals surface area (Å²) in [7, 11) is 0. The van der Waals surface area contributed by atoms with Crippen LogP contribution in [0.15, 0.2) is 0 Å². The Hall–Kier alpha value is -0.265. The molecule has 72 valence electrons. The van der Waals surface area contributed by atoms with E-state index in [1.807, 2.05) is 0 Å². The van der Waals surface area contributed by atoms with Gasteiger partial charge in [0.25, 0.3) is 0 Å². The predicted octanol–water partition coefficient (Wildman–Crippen LogP) is 3.40. The molecule has 0 aliphatic carbocycles. The van der Waals surface area contributed by atoms with Gasteiger partial charge in [0.1, 0.15) is 0 Å². The highest BCUT2D eigenvalue weighted by atomic mass is 16.1. The van der Waals surface area contributed by atoms with Gasteiger partial charge in [-0.1, -0.05) is 26.2 Å². The van der Waals surface area contributed by atoms with Gasteiger partial charge in [0, 0.05) is 0 Å². The number of hydrogen-bond acceptors (Lipinski definition) is 1. The maximum absolute atomic E-state index is 11.5. The number of carbonyl (C=O) groups is 1. The van der Waals surface area contributed by atoms with Crippen molar-refractivity contribution < 1.29 is 4.79 Å². The second-order valence-electron chi connectivity index (χ2n) is 4.88. The lowest BCUT2D eigenvalue weighted by molar-refractivity contribution is -0.112. The molecular formula is C10H22BO-. The fourth-order valence-corrected chi connectivity index (χ4v) is 1.16. The van der Waals surface area contributed by atoms with E-state index in [2.05, 4.69) is 27.4 Å². The van der Waals surface area contributed by atoms with Gasteiger partial charge in [-0.15, -0.1) is 0 Å². The van der Waals surface area contributed by atoms with Crippen LogP contribution < -0.4 is 0 Å². The number of rotatable bonds is 6. The topological polar surface area (TPSA) is 17.1 Å². The van der Waals surface area contributed by atoms with E-state index < -0.39 is 6.15 Å². The normalized spacial score (nSPS) is 11.7. The summed E-state index contributed by atoms with van der Waals surface area (Å²) in [5.74, 6) is 0. The van der Waals surface area contributed by atoms with Crippen LogP contribution in [0.25, 0.3) is 0 Å². The molecule has 0 unspecified atom stereocenters. The molecule has 0 heterocycles. The number of carbonyl (C=O) groups excluding carboxylic acids is 1. The van der Waals surface area contributed by atoms with Crippen LogP contribution in [0.2, 0.25) is 20.5 Å². The monoisotopic (exact) mass is 169 g/mol. The minimum absolute atomic E-state index is 0.464. The second kappa shape index (κ2) is 5.39. The van der Waals surface area contributed by atoms with Gasteiger partial charge in [-0.2, -0.15) is 20.5 Å². The van der Waals surface area contributed by atoms with Crippen molar-refractivity contribution in [2.24, 2.45) is 0 Å². The fourth-order valence-electron chi connectivity index (χ4n) is 1.16. The summed E-state index contributed by atoms with van der Waals surface area (Å²) in [5, 5.41) is 0. The summed E-state index contributed by atoms with van der Waals surface area (Å²) >= 11 is 0. The van der Waals surface area contributed by atoms with Gasteiger partial charge in [-0.05, 0) is 18.5 Å². The van der Waals surface area contributed by atoms with E-state index in [9.17, 15) is 4.79 Å². The second-order valence-corrected chi connectivity index (χ2v) is 4.88. The third-order valence-corrected chi connectivity index (χ3v) is 2.24. The van der Waals surface area contributed by atoms with E-state index in [4.69, 9.17) is 0 Å². The smallest absolute Gasteiger partial charge is 0.0609 e. The third kappa shape index (κ3) is 5.39. The Bertz CT molecular complexity index is 135. The largest absolute Gasteiger partial charge is 0.346 e. The quantitative estimate of drug-likeness (QED) is 0.439. The van der Waals surface area contributed by atoms with Crippen LogP contribution in [0.3, 0.4) is 0 Å². The van der Waals surface area contributed by atoms with Crippen molar-refractivity contribution in [2.75, 3.05) is 0 Å². The molecule has 12 heavy (non-hydrogen) atoms. The lowest BCUT2D eigenvalue weighted by atomic mass is 9.27. The Balaban J connectivity index is 3.45. The molecule has 1 nitrogen and oxygen atoms in total. The fraction of sp³-hybridized carbons (Fsp3) is 0.900. The molecule has 0 radical (unpaired) electrons. The average molecular weight is 169 g/mol. The highest BCUT2D eigenvalue weighted by molar-refractivity contribution is 7.03.